The van der Waals surface area contributed by atoms with Gasteiger partial charge in [-0.3, -0.25) is 9.59 Å². The molecular formula is C54H52Cl3F7N2O3. The molecule has 0 aromatic heterocycles. The lowest BCUT2D eigenvalue weighted by Gasteiger charge is -2.25. The van der Waals surface area contributed by atoms with Gasteiger partial charge in [-0.25, -0.2) is 4.39 Å². The molecule has 0 spiro atoms. The van der Waals surface area contributed by atoms with Gasteiger partial charge in [0.2, 0.25) is 0 Å². The molecule has 1 N–H and O–H groups in total. The molecule has 15 heteroatoms. The summed E-state index contributed by atoms with van der Waals surface area (Å²) in [5.41, 5.74) is 2.96. The van der Waals surface area contributed by atoms with Crippen LogP contribution in [0.2, 0.25) is 15.1 Å². The van der Waals surface area contributed by atoms with E-state index in [4.69, 9.17) is 34.8 Å². The van der Waals surface area contributed by atoms with Crippen LogP contribution in [0.4, 0.5) is 30.7 Å². The Kier molecular flexibility index (Phi) is 17.7. The molecule has 0 aliphatic heterocycles. The average Bonchev–Trinajstić information content (AvgIpc) is 3.27. The van der Waals surface area contributed by atoms with Gasteiger partial charge in [0, 0.05) is 36.2 Å². The monoisotopic (exact) mass is 1010 g/mol. The Balaban J connectivity index is 0.000000258. The number of hydrogen-bond acceptors (Lipinski definition) is 3. The summed E-state index contributed by atoms with van der Waals surface area (Å²) in [4.78, 5) is 29.6. The molecule has 0 saturated heterocycles. The smallest absolute Gasteiger partial charge is 0.416 e. The van der Waals surface area contributed by atoms with Crippen LogP contribution in [0.1, 0.15) is 107 Å². The SMILES string of the molecule is CC(C)(C)c1ccc(CN(CCc2cccc(C(F)(F)F)c2)C(=O)c2cc(Cl)cc(Cl)c2O)cc1.CC(C)(C)c1ccc(CN(CCc2cccc(C(F)(F)F)c2)C(=O)c2cc(Cl)ccc2F)cc1. The molecule has 0 unspecified atom stereocenters. The quantitative estimate of drug-likeness (QED) is 0.124. The predicted octanol–water partition coefficient (Wildman–Crippen LogP) is 15.6. The van der Waals surface area contributed by atoms with Gasteiger partial charge in [0.05, 0.1) is 27.3 Å². The second kappa shape index (κ2) is 22.5. The predicted molar refractivity (Wildman–Crippen MR) is 260 cm³/mol. The highest BCUT2D eigenvalue weighted by Crippen LogP contribution is 2.34. The van der Waals surface area contributed by atoms with E-state index >= 15 is 0 Å². The van der Waals surface area contributed by atoms with E-state index in [1.807, 2.05) is 48.5 Å². The van der Waals surface area contributed by atoms with Crippen molar-refractivity contribution in [2.75, 3.05) is 13.1 Å². The van der Waals surface area contributed by atoms with Crippen LogP contribution < -0.4 is 0 Å². The third-order valence-corrected chi connectivity index (χ3v) is 12.0. The summed E-state index contributed by atoms with van der Waals surface area (Å²) < 4.78 is 93.0. The van der Waals surface area contributed by atoms with E-state index in [0.29, 0.717) is 11.1 Å². The van der Waals surface area contributed by atoms with Crippen LogP contribution in [0, 0.1) is 5.82 Å². The standard InChI is InChI=1S/C27H26Cl2F3NO2.C27H26ClF4NO/c1-26(2,3)19-9-7-18(8-10-19)16-33(25(35)22-14-21(28)15-23(29)24(22)34)12-11-17-5-4-6-20(13-17)27(30,31)32;1-26(2,3)20-9-7-19(8-10-20)17-33(25(34)23-16-22(28)11-12-24(23)29)14-13-18-5-4-6-21(15-18)27(30,31)32/h4-10,13-15,34H,11-12,16H2,1-3H3;4-12,15-16H,13-14,17H2,1-3H3. The zero-order valence-electron chi connectivity index (χ0n) is 38.8. The highest BCUT2D eigenvalue weighted by molar-refractivity contribution is 6.36. The first-order chi connectivity index (χ1) is 32.1. The highest BCUT2D eigenvalue weighted by atomic mass is 35.5. The van der Waals surface area contributed by atoms with Crippen molar-refractivity contribution in [2.24, 2.45) is 0 Å². The molecule has 0 aliphatic carbocycles. The zero-order valence-corrected chi connectivity index (χ0v) is 41.1. The van der Waals surface area contributed by atoms with Crippen LogP contribution >= 0.6 is 34.8 Å². The second-order valence-corrected chi connectivity index (χ2v) is 19.9. The third kappa shape index (κ3) is 15.5. The number of nitrogens with zero attached hydrogens (tertiary/aromatic N) is 2. The van der Waals surface area contributed by atoms with Gasteiger partial charge in [-0.2, -0.15) is 26.3 Å². The van der Waals surface area contributed by atoms with Crippen LogP contribution in [0.5, 0.6) is 5.75 Å². The molecule has 6 rings (SSSR count). The molecule has 0 radical (unpaired) electrons. The number of carbonyl (C=O) groups excluding carboxylic acids is 2. The molecular weight excluding hydrogens is 964 g/mol. The maximum Gasteiger partial charge on any atom is 0.416 e. The maximum absolute atomic E-state index is 14.4. The van der Waals surface area contributed by atoms with Gasteiger partial charge in [0.15, 0.2) is 0 Å². The minimum absolute atomic E-state index is 0.0402. The van der Waals surface area contributed by atoms with Gasteiger partial charge in [0.25, 0.3) is 11.8 Å². The Hall–Kier alpha value is -5.56. The summed E-state index contributed by atoms with van der Waals surface area (Å²) in [5, 5.41) is 10.7. The van der Waals surface area contributed by atoms with Crippen molar-refractivity contribution in [3.8, 4) is 5.75 Å². The summed E-state index contributed by atoms with van der Waals surface area (Å²) in [6.45, 7) is 13.1. The lowest BCUT2D eigenvalue weighted by atomic mass is 9.86. The molecule has 0 bridgehead atoms. The summed E-state index contributed by atoms with van der Waals surface area (Å²) in [5.74, 6) is -2.21. The van der Waals surface area contributed by atoms with E-state index < -0.39 is 46.9 Å². The van der Waals surface area contributed by atoms with Crippen molar-refractivity contribution in [2.45, 2.75) is 90.7 Å². The van der Waals surface area contributed by atoms with Crippen LogP contribution in [0.15, 0.2) is 127 Å². The molecule has 0 aliphatic rings. The molecule has 366 valence electrons. The highest BCUT2D eigenvalue weighted by Gasteiger charge is 2.32. The first-order valence-corrected chi connectivity index (χ1v) is 23.0. The number of phenols is 1. The van der Waals surface area contributed by atoms with Crippen LogP contribution in [-0.2, 0) is 49.1 Å². The Labute approximate surface area is 413 Å². The number of phenolic OH excluding ortho intramolecular Hbond substituents is 1. The summed E-state index contributed by atoms with van der Waals surface area (Å²) in [7, 11) is 0. The Morgan fingerprint density at radius 2 is 0.899 bits per heavy atom. The molecule has 0 fully saturated rings. The third-order valence-electron chi connectivity index (χ3n) is 11.2. The fraction of sp³-hybridized carbons (Fsp3) is 0.296. The van der Waals surface area contributed by atoms with Gasteiger partial charge < -0.3 is 14.9 Å². The van der Waals surface area contributed by atoms with Gasteiger partial charge in [-0.15, -0.1) is 0 Å². The van der Waals surface area contributed by atoms with Gasteiger partial charge in [-0.05, 0) is 99.5 Å². The first-order valence-electron chi connectivity index (χ1n) is 21.8. The van der Waals surface area contributed by atoms with Crippen molar-refractivity contribution < 1.29 is 45.4 Å². The number of rotatable bonds is 12. The van der Waals surface area contributed by atoms with E-state index in [1.165, 1.54) is 46.2 Å². The Morgan fingerprint density at radius 1 is 0.493 bits per heavy atom. The van der Waals surface area contributed by atoms with Crippen LogP contribution in [0.3, 0.4) is 0 Å². The molecule has 69 heavy (non-hydrogen) atoms. The number of benzene rings is 6. The fourth-order valence-corrected chi connectivity index (χ4v) is 7.90. The minimum atomic E-state index is -4.45. The number of aromatic hydroxyl groups is 1. The normalized spacial score (nSPS) is 12.0. The molecule has 0 atom stereocenters. The van der Waals surface area contributed by atoms with Gasteiger partial charge >= 0.3 is 12.4 Å². The van der Waals surface area contributed by atoms with Crippen molar-refractivity contribution in [1.82, 2.24) is 9.80 Å². The number of halogens is 10. The molecule has 6 aromatic carbocycles. The van der Waals surface area contributed by atoms with E-state index in [9.17, 15) is 45.4 Å². The minimum Gasteiger partial charge on any atom is -0.506 e. The number of amides is 2. The Morgan fingerprint density at radius 3 is 1.30 bits per heavy atom. The summed E-state index contributed by atoms with van der Waals surface area (Å²) in [6, 6.07) is 32.0. The van der Waals surface area contributed by atoms with Crippen molar-refractivity contribution in [1.29, 1.82) is 0 Å². The maximum atomic E-state index is 14.4. The topological polar surface area (TPSA) is 60.9 Å². The second-order valence-electron chi connectivity index (χ2n) is 18.7. The van der Waals surface area contributed by atoms with Gasteiger partial charge in [-0.1, -0.05) is 161 Å². The van der Waals surface area contributed by atoms with E-state index in [0.717, 1.165) is 52.6 Å². The van der Waals surface area contributed by atoms with Crippen molar-refractivity contribution >= 4 is 46.6 Å². The number of hydrogen-bond donors (Lipinski definition) is 1. The summed E-state index contributed by atoms with van der Waals surface area (Å²) >= 11 is 18.0. The van der Waals surface area contributed by atoms with Crippen LogP contribution in [0.25, 0.3) is 0 Å². The lowest BCUT2D eigenvalue weighted by Crippen LogP contribution is -2.33. The Bertz CT molecular complexity index is 2730. The van der Waals surface area contributed by atoms with Crippen molar-refractivity contribution in [3.63, 3.8) is 0 Å². The molecule has 6 aromatic rings. The van der Waals surface area contributed by atoms with E-state index in [-0.39, 0.29) is 76.0 Å². The molecule has 5 nitrogen and oxygen atoms in total. The van der Waals surface area contributed by atoms with E-state index in [1.54, 1.807) is 12.1 Å². The zero-order chi connectivity index (χ0) is 51.1. The lowest BCUT2D eigenvalue weighted by molar-refractivity contribution is -0.138. The molecule has 0 heterocycles. The number of carbonyl (C=O) groups is 2. The van der Waals surface area contributed by atoms with Crippen molar-refractivity contribution in [3.05, 3.63) is 204 Å². The van der Waals surface area contributed by atoms with E-state index in [2.05, 4.69) is 41.5 Å². The average molecular weight is 1020 g/mol. The van der Waals surface area contributed by atoms with Gasteiger partial charge in [0.1, 0.15) is 11.6 Å². The molecule has 0 saturated carbocycles. The molecule has 2 amide bonds. The first kappa shape index (κ1) is 54.4. The summed E-state index contributed by atoms with van der Waals surface area (Å²) in [6.07, 6.45) is -8.55. The fourth-order valence-electron chi connectivity index (χ4n) is 7.23. The number of alkyl halides is 6. The van der Waals surface area contributed by atoms with Crippen LogP contribution in [-0.4, -0.2) is 39.8 Å². The largest absolute Gasteiger partial charge is 0.506 e.